The molecule has 1 saturated carbocycles. The summed E-state index contributed by atoms with van der Waals surface area (Å²) < 4.78 is 99.4. The number of amides is 4. The number of halogens is 7. The van der Waals surface area contributed by atoms with Crippen LogP contribution in [0.3, 0.4) is 0 Å². The van der Waals surface area contributed by atoms with Gasteiger partial charge < -0.3 is 20.3 Å². The standard InChI is InChI=1S/C30H33F7N4O4/c1-39(23-12-20(29(32,33)34)11-21(13-23)30(35,36)37)28(44)40(2)25-15-41(14-24(25)18-7-9-22(31)10-8-18)26(42)19-5-3-17(4-6-19)16-45-27(38)43/h7-13,17,19,24-25H,3-6,14-16H2,1-2H3,(H2,38,43)/t17?,19?,24-,25+/m0/s1. The van der Waals surface area contributed by atoms with E-state index >= 15 is 0 Å². The molecule has 1 saturated heterocycles. The van der Waals surface area contributed by atoms with Crippen LogP contribution in [0.2, 0.25) is 0 Å². The largest absolute Gasteiger partial charge is 0.449 e. The van der Waals surface area contributed by atoms with E-state index in [-0.39, 0.29) is 43.5 Å². The predicted molar refractivity (Wildman–Crippen MR) is 149 cm³/mol. The first-order valence-corrected chi connectivity index (χ1v) is 14.2. The van der Waals surface area contributed by atoms with Gasteiger partial charge in [-0.05, 0) is 67.5 Å². The second-order valence-corrected chi connectivity index (χ2v) is 11.5. The molecular formula is C30H33F7N4O4. The van der Waals surface area contributed by atoms with Crippen LogP contribution in [-0.2, 0) is 21.9 Å². The number of benzene rings is 2. The molecule has 4 amide bonds. The van der Waals surface area contributed by atoms with Crippen molar-refractivity contribution in [3.63, 3.8) is 0 Å². The topological polar surface area (TPSA) is 96.2 Å². The SMILES string of the molecule is CN(C(=O)N(C)[C@@H]1CN(C(=O)C2CCC(COC(N)=O)CC2)C[C@H]1c1ccc(F)cc1)c1cc(C(F)(F)F)cc(C(F)(F)F)c1. The predicted octanol–water partition coefficient (Wildman–Crippen LogP) is 6.25. The van der Waals surface area contributed by atoms with Gasteiger partial charge in [-0.3, -0.25) is 9.69 Å². The Morgan fingerprint density at radius 3 is 1.96 bits per heavy atom. The maximum atomic E-state index is 13.7. The Balaban J connectivity index is 1.56. The number of hydrogen-bond acceptors (Lipinski definition) is 4. The third-order valence-corrected chi connectivity index (χ3v) is 8.60. The number of nitrogens with zero attached hydrogens (tertiary/aromatic N) is 3. The minimum atomic E-state index is -5.10. The molecule has 1 heterocycles. The van der Waals surface area contributed by atoms with Crippen molar-refractivity contribution in [1.82, 2.24) is 9.80 Å². The van der Waals surface area contributed by atoms with Crippen molar-refractivity contribution in [3.05, 3.63) is 65.0 Å². The van der Waals surface area contributed by atoms with E-state index in [1.165, 1.54) is 36.2 Å². The van der Waals surface area contributed by atoms with Crippen LogP contribution in [0.25, 0.3) is 0 Å². The highest BCUT2D eigenvalue weighted by Gasteiger charge is 2.43. The molecule has 1 aliphatic carbocycles. The smallest absolute Gasteiger partial charge is 0.416 e. The Kier molecular flexibility index (Phi) is 9.88. The van der Waals surface area contributed by atoms with Crippen molar-refractivity contribution in [2.24, 2.45) is 17.6 Å². The first-order chi connectivity index (χ1) is 21.0. The van der Waals surface area contributed by atoms with Gasteiger partial charge in [-0.2, -0.15) is 26.3 Å². The monoisotopic (exact) mass is 646 g/mol. The fraction of sp³-hybridized carbons (Fsp3) is 0.500. The van der Waals surface area contributed by atoms with Crippen molar-refractivity contribution < 1.29 is 49.9 Å². The number of carbonyl (C=O) groups excluding carboxylic acids is 3. The minimum Gasteiger partial charge on any atom is -0.449 e. The van der Waals surface area contributed by atoms with E-state index in [4.69, 9.17) is 10.5 Å². The van der Waals surface area contributed by atoms with Gasteiger partial charge in [0.05, 0.1) is 23.8 Å². The molecule has 1 aliphatic heterocycles. The zero-order valence-electron chi connectivity index (χ0n) is 24.5. The number of alkyl halides is 6. The Morgan fingerprint density at radius 2 is 1.44 bits per heavy atom. The molecule has 2 fully saturated rings. The summed E-state index contributed by atoms with van der Waals surface area (Å²) in [4.78, 5) is 41.6. The molecule has 2 aromatic rings. The van der Waals surface area contributed by atoms with Crippen LogP contribution in [0.4, 0.5) is 46.0 Å². The number of likely N-dealkylation sites (N-methyl/N-ethyl adjacent to an activating group) is 1. The van der Waals surface area contributed by atoms with Crippen LogP contribution < -0.4 is 10.6 Å². The van der Waals surface area contributed by atoms with E-state index in [1.807, 2.05) is 0 Å². The summed E-state index contributed by atoms with van der Waals surface area (Å²) in [7, 11) is 2.43. The summed E-state index contributed by atoms with van der Waals surface area (Å²) in [5.74, 6) is -1.47. The Bertz CT molecular complexity index is 1360. The molecule has 0 aromatic heterocycles. The van der Waals surface area contributed by atoms with E-state index in [9.17, 15) is 45.1 Å². The van der Waals surface area contributed by atoms with Crippen molar-refractivity contribution in [3.8, 4) is 0 Å². The lowest BCUT2D eigenvalue weighted by Gasteiger charge is -2.33. The molecule has 2 aromatic carbocycles. The quantitative estimate of drug-likeness (QED) is 0.376. The van der Waals surface area contributed by atoms with E-state index in [0.29, 0.717) is 48.3 Å². The van der Waals surface area contributed by atoms with E-state index in [2.05, 4.69) is 0 Å². The molecule has 15 heteroatoms. The van der Waals surface area contributed by atoms with Crippen LogP contribution in [0.5, 0.6) is 0 Å². The molecular weight excluding hydrogens is 613 g/mol. The normalized spacial score (nSPS) is 22.2. The summed E-state index contributed by atoms with van der Waals surface area (Å²) >= 11 is 0. The average Bonchev–Trinajstić information content (AvgIpc) is 3.43. The Hall–Kier alpha value is -4.04. The van der Waals surface area contributed by atoms with Crippen LogP contribution in [-0.4, -0.2) is 67.7 Å². The highest BCUT2D eigenvalue weighted by molar-refractivity contribution is 5.92. The Morgan fingerprint density at radius 1 is 0.889 bits per heavy atom. The molecule has 2 atom stereocenters. The van der Waals surface area contributed by atoms with E-state index < -0.39 is 59.1 Å². The lowest BCUT2D eigenvalue weighted by Crippen LogP contribution is -2.48. The van der Waals surface area contributed by atoms with Gasteiger partial charge in [-0.15, -0.1) is 0 Å². The van der Waals surface area contributed by atoms with Crippen molar-refractivity contribution in [2.45, 2.75) is 50.0 Å². The summed E-state index contributed by atoms with van der Waals surface area (Å²) in [5.41, 5.74) is 1.89. The fourth-order valence-electron chi connectivity index (χ4n) is 6.05. The van der Waals surface area contributed by atoms with Gasteiger partial charge in [-0.1, -0.05) is 12.1 Å². The fourth-order valence-corrected chi connectivity index (χ4v) is 6.05. The highest BCUT2D eigenvalue weighted by atomic mass is 19.4. The van der Waals surface area contributed by atoms with Gasteiger partial charge in [0.25, 0.3) is 0 Å². The third-order valence-electron chi connectivity index (χ3n) is 8.60. The average molecular weight is 647 g/mol. The summed E-state index contributed by atoms with van der Waals surface area (Å²) in [6, 6.07) is 4.75. The van der Waals surface area contributed by atoms with Gasteiger partial charge in [-0.25, -0.2) is 14.0 Å². The second kappa shape index (κ2) is 13.1. The number of ether oxygens (including phenoxy) is 1. The third kappa shape index (κ3) is 7.98. The summed E-state index contributed by atoms with van der Waals surface area (Å²) in [5, 5.41) is 0. The number of primary amides is 1. The molecule has 8 nitrogen and oxygen atoms in total. The molecule has 0 spiro atoms. The second-order valence-electron chi connectivity index (χ2n) is 11.5. The maximum absolute atomic E-state index is 13.7. The lowest BCUT2D eigenvalue weighted by molar-refractivity contribution is -0.143. The number of anilines is 1. The zero-order valence-corrected chi connectivity index (χ0v) is 24.5. The van der Waals surface area contributed by atoms with Crippen LogP contribution in [0, 0.1) is 17.7 Å². The molecule has 0 radical (unpaired) electrons. The number of urea groups is 1. The maximum Gasteiger partial charge on any atom is 0.416 e. The first kappa shape index (κ1) is 33.8. The minimum absolute atomic E-state index is 0.0191. The van der Waals surface area contributed by atoms with Gasteiger partial charge in [0.2, 0.25) is 5.91 Å². The number of hydrogen-bond donors (Lipinski definition) is 1. The van der Waals surface area contributed by atoms with Gasteiger partial charge >= 0.3 is 24.5 Å². The van der Waals surface area contributed by atoms with Crippen molar-refractivity contribution in [1.29, 1.82) is 0 Å². The molecule has 246 valence electrons. The van der Waals surface area contributed by atoms with E-state index in [1.54, 1.807) is 4.90 Å². The Labute approximate surface area is 254 Å². The van der Waals surface area contributed by atoms with Gasteiger partial charge in [0.1, 0.15) is 5.82 Å². The van der Waals surface area contributed by atoms with Crippen LogP contribution >= 0.6 is 0 Å². The number of carbonyl (C=O) groups is 3. The van der Waals surface area contributed by atoms with Gasteiger partial charge in [0.15, 0.2) is 0 Å². The highest BCUT2D eigenvalue weighted by Crippen LogP contribution is 2.39. The number of nitrogens with two attached hydrogens (primary N) is 1. The molecule has 4 rings (SSSR count). The summed E-state index contributed by atoms with van der Waals surface area (Å²) in [6.07, 6.45) is -8.75. The first-order valence-electron chi connectivity index (χ1n) is 14.2. The van der Waals surface area contributed by atoms with Crippen LogP contribution in [0.15, 0.2) is 42.5 Å². The zero-order chi connectivity index (χ0) is 33.3. The molecule has 45 heavy (non-hydrogen) atoms. The lowest BCUT2D eigenvalue weighted by atomic mass is 9.81. The molecule has 0 bridgehead atoms. The molecule has 2 aliphatic rings. The number of likely N-dealkylation sites (tertiary alicyclic amines) is 1. The van der Waals surface area contributed by atoms with Crippen LogP contribution in [0.1, 0.15) is 48.3 Å². The number of rotatable bonds is 6. The molecule has 0 unspecified atom stereocenters. The van der Waals surface area contributed by atoms with Crippen molar-refractivity contribution >= 4 is 23.7 Å². The van der Waals surface area contributed by atoms with Crippen molar-refractivity contribution in [2.75, 3.05) is 38.7 Å². The van der Waals surface area contributed by atoms with E-state index in [0.717, 1.165) is 7.05 Å². The molecule has 2 N–H and O–H groups in total. The summed E-state index contributed by atoms with van der Waals surface area (Å²) in [6.45, 7) is 0.354. The van der Waals surface area contributed by atoms with Gasteiger partial charge in [0, 0.05) is 44.7 Å².